The van der Waals surface area contributed by atoms with Crippen LogP contribution in [0.4, 0.5) is 13.2 Å². The Bertz CT molecular complexity index is 666. The molecule has 2 unspecified atom stereocenters. The zero-order valence-corrected chi connectivity index (χ0v) is 16.4. The molecule has 1 heterocycles. The third-order valence-corrected chi connectivity index (χ3v) is 7.68. The van der Waals surface area contributed by atoms with E-state index in [0.29, 0.717) is 12.3 Å². The molecule has 0 N–H and O–H groups in total. The van der Waals surface area contributed by atoms with E-state index in [1.165, 1.54) is 0 Å². The van der Waals surface area contributed by atoms with Crippen LogP contribution in [-0.2, 0) is 9.84 Å². The van der Waals surface area contributed by atoms with Gasteiger partial charge in [-0.2, -0.15) is 13.2 Å². The van der Waals surface area contributed by atoms with Gasteiger partial charge in [0.15, 0.2) is 9.84 Å². The number of hydrogen-bond acceptors (Lipinski definition) is 3. The van der Waals surface area contributed by atoms with Crippen LogP contribution < -0.4 is 0 Å². The minimum absolute atomic E-state index is 0.0413. The molecule has 0 radical (unpaired) electrons. The van der Waals surface area contributed by atoms with E-state index in [1.807, 2.05) is 20.8 Å². The second-order valence-corrected chi connectivity index (χ2v) is 9.73. The summed E-state index contributed by atoms with van der Waals surface area (Å²) >= 11 is 0. The zero-order chi connectivity index (χ0) is 19.5. The Hall–Kier alpha value is -1.08. The average Bonchev–Trinajstić information content (AvgIpc) is 2.59. The van der Waals surface area contributed by atoms with Crippen LogP contribution in [0.3, 0.4) is 0 Å². The van der Waals surface area contributed by atoms with Gasteiger partial charge in [-0.25, -0.2) is 8.42 Å². The van der Waals surface area contributed by atoms with Crippen molar-refractivity contribution in [2.24, 2.45) is 17.8 Å². The van der Waals surface area contributed by atoms with Gasteiger partial charge in [0.05, 0.1) is 10.8 Å². The maximum absolute atomic E-state index is 13.2. The Morgan fingerprint density at radius 1 is 1.08 bits per heavy atom. The maximum Gasteiger partial charge on any atom is 0.391 e. The van der Waals surface area contributed by atoms with Crippen LogP contribution in [0, 0.1) is 17.8 Å². The first-order valence-electron chi connectivity index (χ1n) is 9.13. The van der Waals surface area contributed by atoms with Crippen molar-refractivity contribution in [1.82, 2.24) is 4.90 Å². The number of halogens is 3. The van der Waals surface area contributed by atoms with Gasteiger partial charge in [0.25, 0.3) is 0 Å². The number of sulfone groups is 1. The number of piperidine rings is 1. The molecule has 1 aliphatic heterocycles. The number of benzene rings is 1. The minimum atomic E-state index is -4.20. The molecule has 2 rings (SSSR count). The molecule has 148 valence electrons. The van der Waals surface area contributed by atoms with E-state index in [1.54, 1.807) is 35.2 Å². The molecule has 0 aromatic heterocycles. The van der Waals surface area contributed by atoms with Crippen molar-refractivity contribution in [1.29, 1.82) is 0 Å². The molecule has 3 nitrogen and oxygen atoms in total. The van der Waals surface area contributed by atoms with E-state index in [0.717, 1.165) is 0 Å². The predicted octanol–water partition coefficient (Wildman–Crippen LogP) is 4.74. The maximum atomic E-state index is 13.2. The van der Waals surface area contributed by atoms with Gasteiger partial charge in [0.1, 0.15) is 5.37 Å². The summed E-state index contributed by atoms with van der Waals surface area (Å²) in [6.07, 6.45) is -3.86. The fourth-order valence-corrected chi connectivity index (χ4v) is 5.36. The second-order valence-electron chi connectivity index (χ2n) is 7.62. The first-order valence-corrected chi connectivity index (χ1v) is 10.7. The molecule has 0 bridgehead atoms. The summed E-state index contributed by atoms with van der Waals surface area (Å²) in [6, 6.07) is 8.21. The first kappa shape index (κ1) is 21.2. The van der Waals surface area contributed by atoms with Crippen LogP contribution in [0.15, 0.2) is 35.2 Å². The van der Waals surface area contributed by atoms with Crippen LogP contribution in [-0.4, -0.2) is 38.0 Å². The lowest BCUT2D eigenvalue weighted by atomic mass is 9.92. The van der Waals surface area contributed by atoms with Crippen molar-refractivity contribution in [2.45, 2.75) is 56.5 Å². The molecule has 7 heteroatoms. The summed E-state index contributed by atoms with van der Waals surface area (Å²) in [7, 11) is -3.64. The highest BCUT2D eigenvalue weighted by atomic mass is 32.2. The molecule has 2 atom stereocenters. The SMILES string of the molecule is CC(C)C(C)CC(N1CCC(C(F)(F)F)CC1)S(=O)(=O)c1ccccc1. The lowest BCUT2D eigenvalue weighted by Crippen LogP contribution is -2.48. The second kappa shape index (κ2) is 8.30. The highest BCUT2D eigenvalue weighted by Gasteiger charge is 2.44. The molecule has 0 spiro atoms. The number of alkyl halides is 3. The molecule has 1 saturated heterocycles. The van der Waals surface area contributed by atoms with E-state index in [-0.39, 0.29) is 36.7 Å². The summed E-state index contributed by atoms with van der Waals surface area (Å²) in [6.45, 7) is 6.39. The first-order chi connectivity index (χ1) is 12.0. The standard InChI is InChI=1S/C19H28F3NO2S/c1-14(2)15(3)13-18(26(24,25)17-7-5-4-6-8-17)23-11-9-16(10-12-23)19(20,21)22/h4-8,14-16,18H,9-13H2,1-3H3. The van der Waals surface area contributed by atoms with Crippen LogP contribution in [0.5, 0.6) is 0 Å². The largest absolute Gasteiger partial charge is 0.391 e. The van der Waals surface area contributed by atoms with Crippen molar-refractivity contribution in [3.63, 3.8) is 0 Å². The molecule has 1 fully saturated rings. The van der Waals surface area contributed by atoms with Crippen LogP contribution in [0.1, 0.15) is 40.0 Å². The topological polar surface area (TPSA) is 37.4 Å². The van der Waals surface area contributed by atoms with E-state index in [2.05, 4.69) is 0 Å². The number of likely N-dealkylation sites (tertiary alicyclic amines) is 1. The Balaban J connectivity index is 2.25. The van der Waals surface area contributed by atoms with Crippen molar-refractivity contribution in [3.8, 4) is 0 Å². The third kappa shape index (κ3) is 5.00. The summed E-state index contributed by atoms with van der Waals surface area (Å²) in [5.41, 5.74) is 0. The van der Waals surface area contributed by atoms with Crippen molar-refractivity contribution in [3.05, 3.63) is 30.3 Å². The molecule has 1 aliphatic rings. The molecule has 0 saturated carbocycles. The summed E-state index contributed by atoms with van der Waals surface area (Å²) in [5, 5.41) is -0.781. The van der Waals surface area contributed by atoms with E-state index < -0.39 is 27.3 Å². The number of rotatable bonds is 6. The molecular formula is C19H28F3NO2S. The predicted molar refractivity (Wildman–Crippen MR) is 96.4 cm³/mol. The van der Waals surface area contributed by atoms with Gasteiger partial charge >= 0.3 is 6.18 Å². The quantitative estimate of drug-likeness (QED) is 0.703. The van der Waals surface area contributed by atoms with Gasteiger partial charge in [-0.1, -0.05) is 39.0 Å². The Labute approximate surface area is 154 Å². The van der Waals surface area contributed by atoms with E-state index >= 15 is 0 Å². The lowest BCUT2D eigenvalue weighted by molar-refractivity contribution is -0.185. The minimum Gasteiger partial charge on any atom is -0.287 e. The fourth-order valence-electron chi connectivity index (χ4n) is 3.34. The smallest absolute Gasteiger partial charge is 0.287 e. The summed E-state index contributed by atoms with van der Waals surface area (Å²) in [5.74, 6) is -0.878. The van der Waals surface area contributed by atoms with Gasteiger partial charge in [-0.05, 0) is 56.3 Å². The number of nitrogens with zero attached hydrogens (tertiary/aromatic N) is 1. The molecule has 0 aliphatic carbocycles. The molecule has 0 amide bonds. The highest BCUT2D eigenvalue weighted by Crippen LogP contribution is 2.36. The van der Waals surface area contributed by atoms with Crippen molar-refractivity contribution in [2.75, 3.05) is 13.1 Å². The van der Waals surface area contributed by atoms with Crippen LogP contribution >= 0.6 is 0 Å². The molecule has 1 aromatic rings. The molecular weight excluding hydrogens is 363 g/mol. The Kier molecular flexibility index (Phi) is 6.77. The Morgan fingerprint density at radius 2 is 1.62 bits per heavy atom. The van der Waals surface area contributed by atoms with Gasteiger partial charge in [0, 0.05) is 0 Å². The highest BCUT2D eigenvalue weighted by molar-refractivity contribution is 7.92. The normalized spacial score (nSPS) is 20.3. The van der Waals surface area contributed by atoms with Gasteiger partial charge in [0.2, 0.25) is 0 Å². The van der Waals surface area contributed by atoms with E-state index in [4.69, 9.17) is 0 Å². The molecule has 26 heavy (non-hydrogen) atoms. The van der Waals surface area contributed by atoms with Crippen LogP contribution in [0.25, 0.3) is 0 Å². The van der Waals surface area contributed by atoms with Crippen molar-refractivity contribution >= 4 is 9.84 Å². The van der Waals surface area contributed by atoms with E-state index in [9.17, 15) is 21.6 Å². The zero-order valence-electron chi connectivity index (χ0n) is 15.5. The number of hydrogen-bond donors (Lipinski definition) is 0. The fraction of sp³-hybridized carbons (Fsp3) is 0.684. The average molecular weight is 391 g/mol. The van der Waals surface area contributed by atoms with Gasteiger partial charge in [-0.3, -0.25) is 4.90 Å². The van der Waals surface area contributed by atoms with Crippen molar-refractivity contribution < 1.29 is 21.6 Å². The Morgan fingerprint density at radius 3 is 2.08 bits per heavy atom. The monoisotopic (exact) mass is 391 g/mol. The van der Waals surface area contributed by atoms with Gasteiger partial charge in [-0.15, -0.1) is 0 Å². The summed E-state index contributed by atoms with van der Waals surface area (Å²) < 4.78 is 65.3. The lowest BCUT2D eigenvalue weighted by Gasteiger charge is -2.39. The van der Waals surface area contributed by atoms with Crippen LogP contribution in [0.2, 0.25) is 0 Å². The molecule has 1 aromatic carbocycles. The third-order valence-electron chi connectivity index (χ3n) is 5.54. The van der Waals surface area contributed by atoms with Gasteiger partial charge < -0.3 is 0 Å². The summed E-state index contributed by atoms with van der Waals surface area (Å²) in [4.78, 5) is 1.97.